The van der Waals surface area contributed by atoms with Gasteiger partial charge in [0.15, 0.2) is 0 Å². The molecule has 0 bridgehead atoms. The minimum absolute atomic E-state index is 0.0197. The third-order valence-electron chi connectivity index (χ3n) is 5.81. The zero-order chi connectivity index (χ0) is 24.6. The molecule has 1 amide bonds. The Balaban J connectivity index is 1.78. The SMILES string of the molecule is Cc1c(C(=O)N(Cc2ccccc2[N+](=O)[O-])CC(F)(F)F)sc2nc3n(c(=O)c12)CCCCC3. The molecule has 8 nitrogen and oxygen atoms in total. The molecule has 4 rings (SSSR count). The Morgan fingerprint density at radius 2 is 2.00 bits per heavy atom. The van der Waals surface area contributed by atoms with Gasteiger partial charge in [-0.3, -0.25) is 24.3 Å². The van der Waals surface area contributed by atoms with Crippen LogP contribution >= 0.6 is 11.3 Å². The Labute approximate surface area is 195 Å². The van der Waals surface area contributed by atoms with Crippen molar-refractivity contribution in [2.24, 2.45) is 0 Å². The molecule has 0 atom stereocenters. The largest absolute Gasteiger partial charge is 0.406 e. The number of carbonyl (C=O) groups is 1. The van der Waals surface area contributed by atoms with Gasteiger partial charge < -0.3 is 4.90 Å². The lowest BCUT2D eigenvalue weighted by Crippen LogP contribution is -2.38. The predicted octanol–water partition coefficient (Wildman–Crippen LogP) is 4.61. The average Bonchev–Trinajstić information content (AvgIpc) is 2.93. The third-order valence-corrected chi connectivity index (χ3v) is 6.99. The second-order valence-electron chi connectivity index (χ2n) is 8.19. The number of nitro benzene ring substituents is 1. The maximum Gasteiger partial charge on any atom is 0.406 e. The summed E-state index contributed by atoms with van der Waals surface area (Å²) in [6.45, 7) is -0.163. The lowest BCUT2D eigenvalue weighted by atomic mass is 10.1. The number of aromatic nitrogens is 2. The molecule has 0 saturated heterocycles. The highest BCUT2D eigenvalue weighted by Crippen LogP contribution is 2.31. The summed E-state index contributed by atoms with van der Waals surface area (Å²) in [5.74, 6) is -0.335. The predicted molar refractivity (Wildman–Crippen MR) is 120 cm³/mol. The molecule has 0 unspecified atom stereocenters. The number of alkyl halides is 3. The van der Waals surface area contributed by atoms with Gasteiger partial charge in [-0.25, -0.2) is 4.98 Å². The first kappa shape index (κ1) is 23.9. The zero-order valence-electron chi connectivity index (χ0n) is 18.2. The van der Waals surface area contributed by atoms with Crippen LogP contribution in [-0.2, 0) is 19.5 Å². The fraction of sp³-hybridized carbons (Fsp3) is 0.409. The number of thiophene rings is 1. The summed E-state index contributed by atoms with van der Waals surface area (Å²) in [5.41, 5.74) is -0.416. The van der Waals surface area contributed by atoms with Crippen LogP contribution in [-0.4, -0.2) is 38.0 Å². The van der Waals surface area contributed by atoms with Crippen LogP contribution in [0.1, 0.15) is 45.9 Å². The molecule has 2 aromatic heterocycles. The average molecular weight is 494 g/mol. The molecule has 0 N–H and O–H groups in total. The van der Waals surface area contributed by atoms with Crippen LogP contribution in [0, 0.1) is 17.0 Å². The minimum atomic E-state index is -4.72. The van der Waals surface area contributed by atoms with E-state index >= 15 is 0 Å². The van der Waals surface area contributed by atoms with Crippen molar-refractivity contribution in [3.8, 4) is 0 Å². The van der Waals surface area contributed by atoms with E-state index in [0.717, 1.165) is 30.6 Å². The molecule has 0 aliphatic carbocycles. The lowest BCUT2D eigenvalue weighted by Gasteiger charge is -2.23. The number of carbonyl (C=O) groups excluding carboxylic acids is 1. The number of hydrogen-bond acceptors (Lipinski definition) is 6. The van der Waals surface area contributed by atoms with Crippen molar-refractivity contribution in [3.05, 3.63) is 66.6 Å². The van der Waals surface area contributed by atoms with Gasteiger partial charge in [-0.1, -0.05) is 24.6 Å². The first-order chi connectivity index (χ1) is 16.1. The van der Waals surface area contributed by atoms with Crippen LogP contribution in [0.3, 0.4) is 0 Å². The van der Waals surface area contributed by atoms with E-state index in [9.17, 15) is 32.9 Å². The number of para-hydroxylation sites is 1. The number of nitro groups is 1. The Hall–Kier alpha value is -3.28. The maximum atomic E-state index is 13.4. The van der Waals surface area contributed by atoms with Crippen molar-refractivity contribution in [2.45, 2.75) is 51.9 Å². The number of amides is 1. The molecule has 1 aliphatic rings. The normalized spacial score (nSPS) is 14.0. The van der Waals surface area contributed by atoms with E-state index in [1.165, 1.54) is 31.2 Å². The Kier molecular flexibility index (Phi) is 6.43. The number of hydrogen-bond donors (Lipinski definition) is 0. The van der Waals surface area contributed by atoms with Gasteiger partial charge in [0.25, 0.3) is 17.2 Å². The van der Waals surface area contributed by atoms with E-state index in [0.29, 0.717) is 28.5 Å². The van der Waals surface area contributed by atoms with Gasteiger partial charge in [0.1, 0.15) is 17.2 Å². The number of halogens is 3. The minimum Gasteiger partial charge on any atom is -0.324 e. The number of benzene rings is 1. The first-order valence-corrected chi connectivity index (χ1v) is 11.5. The lowest BCUT2D eigenvalue weighted by molar-refractivity contribution is -0.385. The summed E-state index contributed by atoms with van der Waals surface area (Å²) >= 11 is 0.884. The summed E-state index contributed by atoms with van der Waals surface area (Å²) in [7, 11) is 0. The highest BCUT2D eigenvalue weighted by atomic mass is 32.1. The summed E-state index contributed by atoms with van der Waals surface area (Å²) < 4.78 is 41.7. The standard InChI is InChI=1S/C22H21F3N4O4S/c1-13-17-19(26-16-9-3-2-6-10-28(16)20(17)30)34-18(13)21(31)27(12-22(23,24)25)11-14-7-4-5-8-15(14)29(32)33/h4-5,7-8H,2-3,6,9-12H2,1H3. The van der Waals surface area contributed by atoms with Gasteiger partial charge >= 0.3 is 6.18 Å². The fourth-order valence-corrected chi connectivity index (χ4v) is 5.36. The number of rotatable bonds is 5. The van der Waals surface area contributed by atoms with Gasteiger partial charge in [0.2, 0.25) is 0 Å². The summed E-state index contributed by atoms with van der Waals surface area (Å²) in [6, 6.07) is 5.35. The molecule has 180 valence electrons. The molecule has 0 fully saturated rings. The van der Waals surface area contributed by atoms with Crippen LogP contribution in [0.5, 0.6) is 0 Å². The van der Waals surface area contributed by atoms with E-state index in [1.54, 1.807) is 4.57 Å². The van der Waals surface area contributed by atoms with E-state index in [2.05, 4.69) is 4.98 Å². The molecular formula is C22H21F3N4O4S. The molecular weight excluding hydrogens is 473 g/mol. The third kappa shape index (κ3) is 4.67. The highest BCUT2D eigenvalue weighted by Gasteiger charge is 2.36. The molecule has 3 heterocycles. The number of nitrogens with zero attached hydrogens (tertiary/aromatic N) is 4. The van der Waals surface area contributed by atoms with E-state index in [4.69, 9.17) is 0 Å². The van der Waals surface area contributed by atoms with E-state index in [-0.39, 0.29) is 32.6 Å². The van der Waals surface area contributed by atoms with Crippen LogP contribution in [0.25, 0.3) is 10.2 Å². The second-order valence-corrected chi connectivity index (χ2v) is 9.19. The smallest absolute Gasteiger partial charge is 0.324 e. The molecule has 3 aromatic rings. The monoisotopic (exact) mass is 494 g/mol. The molecule has 0 spiro atoms. The van der Waals surface area contributed by atoms with Crippen molar-refractivity contribution in [2.75, 3.05) is 6.54 Å². The van der Waals surface area contributed by atoms with Crippen molar-refractivity contribution in [1.82, 2.24) is 14.5 Å². The Morgan fingerprint density at radius 1 is 1.26 bits per heavy atom. The van der Waals surface area contributed by atoms with Gasteiger partial charge in [-0.15, -0.1) is 11.3 Å². The molecule has 12 heteroatoms. The summed E-state index contributed by atoms with van der Waals surface area (Å²) in [4.78, 5) is 42.5. The van der Waals surface area contributed by atoms with Crippen molar-refractivity contribution >= 4 is 33.1 Å². The second kappa shape index (κ2) is 9.16. The van der Waals surface area contributed by atoms with Crippen LogP contribution in [0.15, 0.2) is 29.1 Å². The Bertz CT molecular complexity index is 1330. The fourth-order valence-electron chi connectivity index (χ4n) is 4.20. The quantitative estimate of drug-likeness (QED) is 0.381. The molecule has 34 heavy (non-hydrogen) atoms. The van der Waals surface area contributed by atoms with E-state index in [1.807, 2.05) is 0 Å². The van der Waals surface area contributed by atoms with Gasteiger partial charge in [-0.05, 0) is 25.3 Å². The number of aryl methyl sites for hydroxylation is 2. The van der Waals surface area contributed by atoms with Crippen molar-refractivity contribution in [3.63, 3.8) is 0 Å². The highest BCUT2D eigenvalue weighted by molar-refractivity contribution is 7.20. The molecule has 0 radical (unpaired) electrons. The molecule has 0 saturated carbocycles. The van der Waals surface area contributed by atoms with Crippen LogP contribution in [0.4, 0.5) is 18.9 Å². The van der Waals surface area contributed by atoms with Crippen molar-refractivity contribution in [1.29, 1.82) is 0 Å². The first-order valence-electron chi connectivity index (χ1n) is 10.7. The molecule has 1 aliphatic heterocycles. The summed E-state index contributed by atoms with van der Waals surface area (Å²) in [5, 5.41) is 11.6. The molecule has 1 aromatic carbocycles. The van der Waals surface area contributed by atoms with Crippen LogP contribution in [0.2, 0.25) is 0 Å². The van der Waals surface area contributed by atoms with E-state index < -0.39 is 30.1 Å². The topological polar surface area (TPSA) is 98.3 Å². The van der Waals surface area contributed by atoms with Crippen LogP contribution < -0.4 is 5.56 Å². The Morgan fingerprint density at radius 3 is 2.71 bits per heavy atom. The summed E-state index contributed by atoms with van der Waals surface area (Å²) in [6.07, 6.45) is -1.44. The van der Waals surface area contributed by atoms with Crippen molar-refractivity contribution < 1.29 is 22.9 Å². The van der Waals surface area contributed by atoms with Gasteiger partial charge in [0.05, 0.1) is 21.7 Å². The van der Waals surface area contributed by atoms with Gasteiger partial charge in [0, 0.05) is 24.6 Å². The maximum absolute atomic E-state index is 13.4. The van der Waals surface area contributed by atoms with Gasteiger partial charge in [-0.2, -0.15) is 13.2 Å². The number of fused-ring (bicyclic) bond motifs is 2. The zero-order valence-corrected chi connectivity index (χ0v) is 19.0.